The van der Waals surface area contributed by atoms with Gasteiger partial charge in [-0.25, -0.2) is 0 Å². The highest BCUT2D eigenvalue weighted by Crippen LogP contribution is 2.26. The average molecular weight is 414 g/mol. The van der Waals surface area contributed by atoms with Crippen LogP contribution < -0.4 is 10.1 Å². The maximum absolute atomic E-state index is 12.3. The molecule has 0 saturated heterocycles. The maximum Gasteiger partial charge on any atom is 0.226 e. The number of rotatable bonds is 8. The molecule has 0 aliphatic heterocycles. The van der Waals surface area contributed by atoms with Crippen LogP contribution in [0.15, 0.2) is 47.0 Å². The molecule has 0 radical (unpaired) electrons. The quantitative estimate of drug-likeness (QED) is 0.567. The Morgan fingerprint density at radius 1 is 1.24 bits per heavy atom. The van der Waals surface area contributed by atoms with Gasteiger partial charge in [0.15, 0.2) is 0 Å². The van der Waals surface area contributed by atoms with Crippen molar-refractivity contribution in [3.05, 3.63) is 64.5 Å². The number of ether oxygens (including phenoxy) is 1. The summed E-state index contributed by atoms with van der Waals surface area (Å²) in [7, 11) is 1.63. The summed E-state index contributed by atoms with van der Waals surface area (Å²) in [4.78, 5) is 16.7. The average Bonchev–Trinajstić information content (AvgIpc) is 3.17. The van der Waals surface area contributed by atoms with E-state index in [0.29, 0.717) is 36.0 Å². The molecule has 1 unspecified atom stereocenters. The standard InChI is InChI=1S/C22H24ClN3O3/c1-14-7-12-19(28-3)18(13-14)15(2)24-20(27)5-4-6-21-25-22(26-29-21)16-8-10-17(23)11-9-16/h7-13,15H,4-6H2,1-3H3,(H,24,27). The lowest BCUT2D eigenvalue weighted by atomic mass is 10.0. The Kier molecular flexibility index (Phi) is 6.88. The minimum absolute atomic E-state index is 0.0292. The number of carbonyl (C=O) groups excluding carboxylic acids is 1. The predicted molar refractivity (Wildman–Crippen MR) is 112 cm³/mol. The number of nitrogens with one attached hydrogen (secondary N) is 1. The zero-order chi connectivity index (χ0) is 20.8. The minimum atomic E-state index is -0.141. The molecule has 0 aliphatic carbocycles. The molecule has 1 N–H and O–H groups in total. The van der Waals surface area contributed by atoms with Crippen LogP contribution in [-0.4, -0.2) is 23.2 Å². The lowest BCUT2D eigenvalue weighted by Gasteiger charge is -2.18. The lowest BCUT2D eigenvalue weighted by molar-refractivity contribution is -0.121. The van der Waals surface area contributed by atoms with Gasteiger partial charge in [-0.3, -0.25) is 4.79 Å². The molecule has 1 amide bonds. The van der Waals surface area contributed by atoms with Crippen LogP contribution in [0.4, 0.5) is 0 Å². The van der Waals surface area contributed by atoms with E-state index in [1.54, 1.807) is 19.2 Å². The summed E-state index contributed by atoms with van der Waals surface area (Å²) < 4.78 is 10.7. The maximum atomic E-state index is 12.3. The number of carbonyl (C=O) groups is 1. The monoisotopic (exact) mass is 413 g/mol. The first-order valence-corrected chi connectivity index (χ1v) is 9.86. The number of benzene rings is 2. The van der Waals surface area contributed by atoms with Crippen molar-refractivity contribution in [1.82, 2.24) is 15.5 Å². The van der Waals surface area contributed by atoms with Crippen LogP contribution >= 0.6 is 11.6 Å². The molecule has 1 atom stereocenters. The Labute approximate surface area is 175 Å². The van der Waals surface area contributed by atoms with E-state index in [2.05, 4.69) is 15.5 Å². The number of hydrogen-bond donors (Lipinski definition) is 1. The normalized spacial score (nSPS) is 11.9. The highest BCUT2D eigenvalue weighted by Gasteiger charge is 2.15. The van der Waals surface area contributed by atoms with Crippen molar-refractivity contribution in [2.45, 2.75) is 39.2 Å². The first-order chi connectivity index (χ1) is 14.0. The minimum Gasteiger partial charge on any atom is -0.496 e. The molecular formula is C22H24ClN3O3. The molecule has 0 aliphatic rings. The predicted octanol–water partition coefficient (Wildman–Crippen LogP) is 4.91. The molecule has 1 heterocycles. The summed E-state index contributed by atoms with van der Waals surface area (Å²) >= 11 is 5.89. The van der Waals surface area contributed by atoms with E-state index in [1.165, 1.54) is 0 Å². The summed E-state index contributed by atoms with van der Waals surface area (Å²) in [5, 5.41) is 7.66. The summed E-state index contributed by atoms with van der Waals surface area (Å²) in [6, 6.07) is 13.0. The molecule has 1 aromatic heterocycles. The number of methoxy groups -OCH3 is 1. The number of aryl methyl sites for hydroxylation is 2. The molecule has 0 bridgehead atoms. The van der Waals surface area contributed by atoms with Gasteiger partial charge in [-0.05, 0) is 50.6 Å². The first kappa shape index (κ1) is 20.9. The van der Waals surface area contributed by atoms with Crippen LogP contribution in [0.3, 0.4) is 0 Å². The molecule has 6 nitrogen and oxygen atoms in total. The molecule has 3 rings (SSSR count). The second-order valence-corrected chi connectivity index (χ2v) is 7.34. The molecule has 0 spiro atoms. The Morgan fingerprint density at radius 3 is 2.72 bits per heavy atom. The summed E-state index contributed by atoms with van der Waals surface area (Å²) in [6.45, 7) is 3.96. The van der Waals surface area contributed by atoms with Crippen LogP contribution in [0.25, 0.3) is 11.4 Å². The number of aromatic nitrogens is 2. The van der Waals surface area contributed by atoms with Crippen LogP contribution in [-0.2, 0) is 11.2 Å². The molecule has 152 valence electrons. The van der Waals surface area contributed by atoms with Gasteiger partial charge in [0.05, 0.1) is 13.2 Å². The third-order valence-electron chi connectivity index (χ3n) is 4.59. The van der Waals surface area contributed by atoms with Crippen LogP contribution in [0.5, 0.6) is 5.75 Å². The van der Waals surface area contributed by atoms with E-state index in [4.69, 9.17) is 20.9 Å². The van der Waals surface area contributed by atoms with Gasteiger partial charge in [-0.1, -0.05) is 34.5 Å². The lowest BCUT2D eigenvalue weighted by Crippen LogP contribution is -2.26. The second-order valence-electron chi connectivity index (χ2n) is 6.91. The van der Waals surface area contributed by atoms with E-state index in [-0.39, 0.29) is 11.9 Å². The fourth-order valence-corrected chi connectivity index (χ4v) is 3.18. The second kappa shape index (κ2) is 9.56. The number of halogens is 1. The van der Waals surface area contributed by atoms with Gasteiger partial charge in [0.25, 0.3) is 0 Å². The summed E-state index contributed by atoms with van der Waals surface area (Å²) in [5.41, 5.74) is 2.92. The Hall–Kier alpha value is -2.86. The van der Waals surface area contributed by atoms with E-state index in [9.17, 15) is 4.79 Å². The third kappa shape index (κ3) is 5.57. The van der Waals surface area contributed by atoms with Gasteiger partial charge in [0.2, 0.25) is 17.6 Å². The number of hydrogen-bond acceptors (Lipinski definition) is 5. The fraction of sp³-hybridized carbons (Fsp3) is 0.318. The zero-order valence-electron chi connectivity index (χ0n) is 16.7. The first-order valence-electron chi connectivity index (χ1n) is 9.48. The van der Waals surface area contributed by atoms with E-state index in [0.717, 1.165) is 22.4 Å². The summed E-state index contributed by atoms with van der Waals surface area (Å²) in [5.74, 6) is 1.76. The topological polar surface area (TPSA) is 77.2 Å². The summed E-state index contributed by atoms with van der Waals surface area (Å²) in [6.07, 6.45) is 1.53. The largest absolute Gasteiger partial charge is 0.496 e. The molecule has 3 aromatic rings. The highest BCUT2D eigenvalue weighted by molar-refractivity contribution is 6.30. The number of nitrogens with zero attached hydrogens (tertiary/aromatic N) is 2. The smallest absolute Gasteiger partial charge is 0.226 e. The SMILES string of the molecule is COc1ccc(C)cc1C(C)NC(=O)CCCc1nc(-c2ccc(Cl)cc2)no1. The molecule has 7 heteroatoms. The van der Waals surface area contributed by atoms with Crippen LogP contribution in [0, 0.1) is 6.92 Å². The van der Waals surface area contributed by atoms with Gasteiger partial charge in [0, 0.05) is 29.0 Å². The molecule has 0 saturated carbocycles. The van der Waals surface area contributed by atoms with E-state index in [1.807, 2.05) is 44.2 Å². The van der Waals surface area contributed by atoms with Crippen molar-refractivity contribution in [2.75, 3.05) is 7.11 Å². The third-order valence-corrected chi connectivity index (χ3v) is 4.85. The van der Waals surface area contributed by atoms with E-state index < -0.39 is 0 Å². The van der Waals surface area contributed by atoms with Crippen LogP contribution in [0.2, 0.25) is 5.02 Å². The van der Waals surface area contributed by atoms with Gasteiger partial charge < -0.3 is 14.6 Å². The Balaban J connectivity index is 1.50. The Morgan fingerprint density at radius 2 is 2.00 bits per heavy atom. The van der Waals surface area contributed by atoms with Gasteiger partial charge >= 0.3 is 0 Å². The van der Waals surface area contributed by atoms with E-state index >= 15 is 0 Å². The van der Waals surface area contributed by atoms with Gasteiger partial charge in [-0.15, -0.1) is 0 Å². The van der Waals surface area contributed by atoms with Crippen molar-refractivity contribution < 1.29 is 14.1 Å². The highest BCUT2D eigenvalue weighted by atomic mass is 35.5. The Bertz CT molecular complexity index is 970. The molecule has 0 fully saturated rings. The van der Waals surface area contributed by atoms with Crippen molar-refractivity contribution in [3.8, 4) is 17.1 Å². The van der Waals surface area contributed by atoms with Crippen LogP contribution in [0.1, 0.15) is 42.8 Å². The number of amides is 1. The molecule has 29 heavy (non-hydrogen) atoms. The van der Waals surface area contributed by atoms with Crippen molar-refractivity contribution in [1.29, 1.82) is 0 Å². The molecular weight excluding hydrogens is 390 g/mol. The molecule has 2 aromatic carbocycles. The fourth-order valence-electron chi connectivity index (χ4n) is 3.06. The van der Waals surface area contributed by atoms with Gasteiger partial charge in [0.1, 0.15) is 5.75 Å². The van der Waals surface area contributed by atoms with Crippen molar-refractivity contribution >= 4 is 17.5 Å². The zero-order valence-corrected chi connectivity index (χ0v) is 17.5. The van der Waals surface area contributed by atoms with Gasteiger partial charge in [-0.2, -0.15) is 4.98 Å². The van der Waals surface area contributed by atoms with Crippen molar-refractivity contribution in [2.24, 2.45) is 0 Å². The van der Waals surface area contributed by atoms with Crippen molar-refractivity contribution in [3.63, 3.8) is 0 Å².